The number of pyridine rings is 1. The van der Waals surface area contributed by atoms with E-state index in [0.29, 0.717) is 0 Å². The number of aryl methyl sites for hydroxylation is 1. The zero-order chi connectivity index (χ0) is 17.9. The third-order valence-electron chi connectivity index (χ3n) is 5.03. The van der Waals surface area contributed by atoms with Gasteiger partial charge in [0.15, 0.2) is 0 Å². The third kappa shape index (κ3) is 3.76. The Hall–Kier alpha value is -1.92. The minimum Gasteiger partial charge on any atom is -0.370 e. The lowest BCUT2D eigenvalue weighted by atomic mass is 10.1. The number of rotatable bonds is 4. The molecule has 0 radical (unpaired) electrons. The molecule has 6 heteroatoms. The monoisotopic (exact) mass is 413 g/mol. The first kappa shape index (κ1) is 17.5. The number of hydrogen-bond acceptors (Lipinski definition) is 4. The molecule has 2 aromatic heterocycles. The van der Waals surface area contributed by atoms with Crippen molar-refractivity contribution in [3.05, 3.63) is 52.9 Å². The summed E-state index contributed by atoms with van der Waals surface area (Å²) >= 11 is 3.60. The van der Waals surface area contributed by atoms with Crippen LogP contribution in [0, 0.1) is 0 Å². The van der Waals surface area contributed by atoms with Crippen LogP contribution in [0.2, 0.25) is 0 Å². The van der Waals surface area contributed by atoms with Gasteiger partial charge in [0.05, 0.1) is 11.7 Å². The number of hydrogen-bond donors (Lipinski definition) is 0. The molecule has 3 heterocycles. The van der Waals surface area contributed by atoms with Crippen molar-refractivity contribution in [3.8, 4) is 0 Å². The quantitative estimate of drug-likeness (QED) is 0.649. The molecule has 0 N–H and O–H groups in total. The van der Waals surface area contributed by atoms with Crippen molar-refractivity contribution < 1.29 is 0 Å². The molecule has 0 aliphatic carbocycles. The Morgan fingerprint density at radius 1 is 1.12 bits per heavy atom. The van der Waals surface area contributed by atoms with E-state index in [1.165, 1.54) is 23.1 Å². The van der Waals surface area contributed by atoms with Crippen molar-refractivity contribution in [2.75, 3.05) is 31.1 Å². The lowest BCUT2D eigenvalue weighted by Gasteiger charge is -2.24. The average Bonchev–Trinajstić information content (AvgIpc) is 2.98. The highest BCUT2D eigenvalue weighted by Crippen LogP contribution is 2.28. The van der Waals surface area contributed by atoms with E-state index in [2.05, 4.69) is 73.2 Å². The van der Waals surface area contributed by atoms with Crippen LogP contribution in [0.25, 0.3) is 10.9 Å². The van der Waals surface area contributed by atoms with Gasteiger partial charge in [0.25, 0.3) is 0 Å². The Morgan fingerprint density at radius 3 is 2.88 bits per heavy atom. The van der Waals surface area contributed by atoms with Gasteiger partial charge in [-0.05, 0) is 37.6 Å². The summed E-state index contributed by atoms with van der Waals surface area (Å²) in [6.45, 7) is 8.34. The van der Waals surface area contributed by atoms with Crippen LogP contribution in [0.3, 0.4) is 0 Å². The van der Waals surface area contributed by atoms with Crippen LogP contribution in [0.1, 0.15) is 18.9 Å². The maximum Gasteiger partial charge on any atom is 0.0723 e. The lowest BCUT2D eigenvalue weighted by Crippen LogP contribution is -2.30. The fraction of sp³-hybridized carbons (Fsp3) is 0.400. The maximum absolute atomic E-state index is 4.52. The Labute approximate surface area is 162 Å². The first-order valence-corrected chi connectivity index (χ1v) is 10.0. The fourth-order valence-corrected chi connectivity index (χ4v) is 4.03. The standard InChI is InChI=1S/C20H24BrN5/c1-2-26-15-16(13-23-26)14-24-8-3-9-25(11-10-24)20-6-7-22-19-5-4-17(21)12-18(19)20/h4-7,12-13,15H,2-3,8-11,14H2,1H3. The fourth-order valence-electron chi connectivity index (χ4n) is 3.67. The summed E-state index contributed by atoms with van der Waals surface area (Å²) in [6, 6.07) is 8.47. The van der Waals surface area contributed by atoms with E-state index in [-0.39, 0.29) is 0 Å². The molecule has 1 aromatic carbocycles. The number of nitrogens with zero attached hydrogens (tertiary/aromatic N) is 5. The molecule has 4 rings (SSSR count). The minimum absolute atomic E-state index is 0.929. The predicted molar refractivity (Wildman–Crippen MR) is 109 cm³/mol. The van der Waals surface area contributed by atoms with E-state index >= 15 is 0 Å². The zero-order valence-corrected chi connectivity index (χ0v) is 16.7. The first-order valence-electron chi connectivity index (χ1n) is 9.26. The number of aromatic nitrogens is 3. The van der Waals surface area contributed by atoms with E-state index < -0.39 is 0 Å². The van der Waals surface area contributed by atoms with Gasteiger partial charge < -0.3 is 4.90 Å². The largest absolute Gasteiger partial charge is 0.370 e. The second kappa shape index (κ2) is 7.76. The number of anilines is 1. The molecule has 0 amide bonds. The van der Waals surface area contributed by atoms with E-state index in [1.54, 1.807) is 0 Å². The molecule has 136 valence electrons. The second-order valence-corrected chi connectivity index (χ2v) is 7.73. The molecule has 3 aromatic rings. The number of halogens is 1. The molecule has 0 unspecified atom stereocenters. The van der Waals surface area contributed by atoms with Gasteiger partial charge in [-0.3, -0.25) is 14.6 Å². The van der Waals surface area contributed by atoms with Crippen molar-refractivity contribution in [1.29, 1.82) is 0 Å². The average molecular weight is 414 g/mol. The molecule has 5 nitrogen and oxygen atoms in total. The molecule has 0 atom stereocenters. The summed E-state index contributed by atoms with van der Waals surface area (Å²) < 4.78 is 3.10. The molecule has 1 aliphatic rings. The van der Waals surface area contributed by atoms with Gasteiger partial charge in [-0.25, -0.2) is 0 Å². The van der Waals surface area contributed by atoms with Crippen LogP contribution < -0.4 is 4.90 Å². The highest BCUT2D eigenvalue weighted by atomic mass is 79.9. The van der Waals surface area contributed by atoms with Crippen LogP contribution in [-0.4, -0.2) is 45.8 Å². The molecule has 0 spiro atoms. The third-order valence-corrected chi connectivity index (χ3v) is 5.52. The summed E-state index contributed by atoms with van der Waals surface area (Å²) in [4.78, 5) is 9.56. The Bertz CT molecular complexity index is 891. The summed E-state index contributed by atoms with van der Waals surface area (Å²) in [6.07, 6.45) is 7.25. The van der Waals surface area contributed by atoms with Crippen LogP contribution in [0.5, 0.6) is 0 Å². The van der Waals surface area contributed by atoms with E-state index in [4.69, 9.17) is 0 Å². The molecule has 1 aliphatic heterocycles. The molecule has 0 bridgehead atoms. The van der Waals surface area contributed by atoms with Gasteiger partial charge in [0.1, 0.15) is 0 Å². The number of benzene rings is 1. The zero-order valence-electron chi connectivity index (χ0n) is 15.1. The molecule has 0 saturated carbocycles. The lowest BCUT2D eigenvalue weighted by molar-refractivity contribution is 0.285. The first-order chi connectivity index (χ1) is 12.7. The van der Waals surface area contributed by atoms with Crippen LogP contribution >= 0.6 is 15.9 Å². The smallest absolute Gasteiger partial charge is 0.0723 e. The van der Waals surface area contributed by atoms with Gasteiger partial charge in [-0.1, -0.05) is 15.9 Å². The SMILES string of the molecule is CCn1cc(CN2CCCN(c3ccnc4ccc(Br)cc34)CC2)cn1. The summed E-state index contributed by atoms with van der Waals surface area (Å²) in [7, 11) is 0. The molecule has 1 saturated heterocycles. The predicted octanol–water partition coefficient (Wildman–Crippen LogP) is 3.93. The van der Waals surface area contributed by atoms with Gasteiger partial charge in [0.2, 0.25) is 0 Å². The van der Waals surface area contributed by atoms with Crippen LogP contribution in [0.15, 0.2) is 47.3 Å². The van der Waals surface area contributed by atoms with Gasteiger partial charge in [-0.2, -0.15) is 5.10 Å². The topological polar surface area (TPSA) is 37.2 Å². The molecule has 26 heavy (non-hydrogen) atoms. The Balaban J connectivity index is 1.49. The van der Waals surface area contributed by atoms with Crippen molar-refractivity contribution in [2.24, 2.45) is 0 Å². The highest BCUT2D eigenvalue weighted by molar-refractivity contribution is 9.10. The summed E-state index contributed by atoms with van der Waals surface area (Å²) in [5.41, 5.74) is 3.65. The van der Waals surface area contributed by atoms with Crippen molar-refractivity contribution in [2.45, 2.75) is 26.4 Å². The van der Waals surface area contributed by atoms with Crippen LogP contribution in [0.4, 0.5) is 5.69 Å². The van der Waals surface area contributed by atoms with Crippen molar-refractivity contribution >= 4 is 32.5 Å². The minimum atomic E-state index is 0.929. The van der Waals surface area contributed by atoms with Crippen molar-refractivity contribution in [1.82, 2.24) is 19.7 Å². The number of fused-ring (bicyclic) bond motifs is 1. The highest BCUT2D eigenvalue weighted by Gasteiger charge is 2.17. The van der Waals surface area contributed by atoms with Crippen molar-refractivity contribution in [3.63, 3.8) is 0 Å². The molecular weight excluding hydrogens is 390 g/mol. The Morgan fingerprint density at radius 2 is 2.04 bits per heavy atom. The van der Waals surface area contributed by atoms with Gasteiger partial charge in [-0.15, -0.1) is 0 Å². The maximum atomic E-state index is 4.52. The van der Waals surface area contributed by atoms with Gasteiger partial charge >= 0.3 is 0 Å². The summed E-state index contributed by atoms with van der Waals surface area (Å²) in [5.74, 6) is 0. The van der Waals surface area contributed by atoms with E-state index in [1.807, 2.05) is 17.1 Å². The Kier molecular flexibility index (Phi) is 5.22. The normalized spacial score (nSPS) is 16.2. The van der Waals surface area contributed by atoms with Crippen LogP contribution in [-0.2, 0) is 13.1 Å². The molecular formula is C20H24BrN5. The van der Waals surface area contributed by atoms with E-state index in [9.17, 15) is 0 Å². The molecule has 1 fully saturated rings. The van der Waals surface area contributed by atoms with E-state index in [0.717, 1.165) is 49.3 Å². The van der Waals surface area contributed by atoms with Gasteiger partial charge in [0, 0.05) is 72.8 Å². The summed E-state index contributed by atoms with van der Waals surface area (Å²) in [5, 5.41) is 5.62. The second-order valence-electron chi connectivity index (χ2n) is 6.81.